The molecule has 4 nitrogen and oxygen atoms in total. The van der Waals surface area contributed by atoms with Crippen molar-refractivity contribution in [2.45, 2.75) is 26.6 Å². The summed E-state index contributed by atoms with van der Waals surface area (Å²) in [6.45, 7) is 7.62. The Kier molecular flexibility index (Phi) is 8.58. The summed E-state index contributed by atoms with van der Waals surface area (Å²) in [6.07, 6.45) is -2.55. The third kappa shape index (κ3) is 7.91. The molecular formula is C25H26F3N2O2+. The van der Waals surface area contributed by atoms with E-state index in [4.69, 9.17) is 4.74 Å². The number of benzene rings is 3. The Labute approximate surface area is 185 Å². The zero-order chi connectivity index (χ0) is 23.7. The number of ether oxygens (including phenoxy) is 1. The lowest BCUT2D eigenvalue weighted by Gasteiger charge is -2.05. The monoisotopic (exact) mass is 443 g/mol. The molecule has 0 aliphatic rings. The van der Waals surface area contributed by atoms with Crippen molar-refractivity contribution in [3.63, 3.8) is 0 Å². The summed E-state index contributed by atoms with van der Waals surface area (Å²) < 4.78 is 42.7. The van der Waals surface area contributed by atoms with Gasteiger partial charge in [-0.15, -0.1) is 0 Å². The molecular weight excluding hydrogens is 417 g/mol. The Morgan fingerprint density at radius 1 is 1.06 bits per heavy atom. The topological polar surface area (TPSA) is 41.3 Å². The van der Waals surface area contributed by atoms with Crippen LogP contribution in [-0.2, 0) is 22.3 Å². The molecule has 0 heterocycles. The predicted octanol–water partition coefficient (Wildman–Crippen LogP) is 5.65. The van der Waals surface area contributed by atoms with Gasteiger partial charge in [-0.3, -0.25) is 10.1 Å². The maximum Gasteiger partial charge on any atom is 0.416 e. The lowest BCUT2D eigenvalue weighted by Crippen LogP contribution is -2.21. The molecule has 1 amide bonds. The minimum Gasteiger partial charge on any atom is -0.478 e. The van der Waals surface area contributed by atoms with Crippen LogP contribution in [0.15, 0.2) is 78.8 Å². The van der Waals surface area contributed by atoms with Crippen LogP contribution in [0.2, 0.25) is 0 Å². The molecule has 0 aromatic heterocycles. The lowest BCUT2D eigenvalue weighted by atomic mass is 10.1. The highest BCUT2D eigenvalue weighted by Crippen LogP contribution is 2.29. The number of nitrogens with one attached hydrogen (secondary N) is 1. The largest absolute Gasteiger partial charge is 0.478 e. The molecule has 0 unspecified atom stereocenters. The average Bonchev–Trinajstić information content (AvgIpc) is 2.72. The predicted molar refractivity (Wildman–Crippen MR) is 120 cm³/mol. The van der Waals surface area contributed by atoms with E-state index in [1.807, 2.05) is 12.1 Å². The maximum atomic E-state index is 12.0. The molecule has 7 heteroatoms. The summed E-state index contributed by atoms with van der Waals surface area (Å²) in [5, 5.41) is 5.00. The van der Waals surface area contributed by atoms with Gasteiger partial charge in [0.2, 0.25) is 12.1 Å². The Hall–Kier alpha value is -3.61. The first kappa shape index (κ1) is 24.7. The van der Waals surface area contributed by atoms with Crippen molar-refractivity contribution in [3.05, 3.63) is 95.5 Å². The number of halogens is 3. The number of fused-ring (bicyclic) bond motifs is 1. The molecule has 0 saturated carbocycles. The first-order valence-corrected chi connectivity index (χ1v) is 9.80. The van der Waals surface area contributed by atoms with Crippen LogP contribution < -0.4 is 5.32 Å². The molecule has 0 atom stereocenters. The molecule has 0 saturated heterocycles. The van der Waals surface area contributed by atoms with E-state index in [-0.39, 0.29) is 5.91 Å². The Bertz CT molecular complexity index is 1120. The van der Waals surface area contributed by atoms with Gasteiger partial charge in [0.15, 0.2) is 6.54 Å². The second kappa shape index (κ2) is 11.1. The number of carbonyl (C=O) groups is 1. The minimum absolute atomic E-state index is 0.179. The van der Waals surface area contributed by atoms with E-state index >= 15 is 0 Å². The molecule has 0 aliphatic carbocycles. The number of carbonyl (C=O) groups excluding carboxylic acids is 1. The summed E-state index contributed by atoms with van der Waals surface area (Å²) in [5.41, 5.74) is 1.18. The number of amides is 1. The van der Waals surface area contributed by atoms with Crippen LogP contribution in [0.4, 0.5) is 13.2 Å². The van der Waals surface area contributed by atoms with E-state index in [0.717, 1.165) is 17.7 Å². The summed E-state index contributed by atoms with van der Waals surface area (Å²) in [5.74, 6) is 0.195. The van der Waals surface area contributed by atoms with Crippen LogP contribution in [0, 0.1) is 6.92 Å². The van der Waals surface area contributed by atoms with E-state index in [0.29, 0.717) is 18.0 Å². The van der Waals surface area contributed by atoms with Gasteiger partial charge in [0.1, 0.15) is 6.72 Å². The summed E-state index contributed by atoms with van der Waals surface area (Å²) in [6, 6.07) is 19.7. The molecule has 0 spiro atoms. The highest BCUT2D eigenvalue weighted by molar-refractivity contribution is 5.82. The lowest BCUT2D eigenvalue weighted by molar-refractivity contribution is -0.467. The first-order valence-electron chi connectivity index (χ1n) is 9.80. The standard InChI is InChI=1S/C17H18N2O2.C8H7F3/c1-13(20)18-17(21-3)12-19(2)11-14-8-9-15-6-4-5-7-16(15)10-14;1-6-3-2-4-7(5-6)8(9,10)11/h4-10,12H,2,11H2,1,3H3;2-5H,1H3/p+1/b17-12-;. The summed E-state index contributed by atoms with van der Waals surface area (Å²) >= 11 is 0. The van der Waals surface area contributed by atoms with Gasteiger partial charge in [-0.05, 0) is 29.8 Å². The molecule has 3 aromatic carbocycles. The molecule has 0 aliphatic heterocycles. The number of hydrogen-bond acceptors (Lipinski definition) is 2. The van der Waals surface area contributed by atoms with Crippen LogP contribution in [0.3, 0.4) is 0 Å². The quantitative estimate of drug-likeness (QED) is 0.315. The van der Waals surface area contributed by atoms with Gasteiger partial charge in [0.25, 0.3) is 5.88 Å². The first-order chi connectivity index (χ1) is 15.1. The normalized spacial score (nSPS) is 11.4. The molecule has 1 N–H and O–H groups in total. The van der Waals surface area contributed by atoms with Crippen LogP contribution >= 0.6 is 0 Å². The third-order valence-electron chi connectivity index (χ3n) is 4.36. The molecule has 32 heavy (non-hydrogen) atoms. The van der Waals surface area contributed by atoms with Crippen molar-refractivity contribution >= 4 is 23.4 Å². The van der Waals surface area contributed by atoms with Gasteiger partial charge in [0.05, 0.1) is 12.7 Å². The highest BCUT2D eigenvalue weighted by atomic mass is 19.4. The van der Waals surface area contributed by atoms with E-state index in [1.54, 1.807) is 23.8 Å². The summed E-state index contributed by atoms with van der Waals surface area (Å²) in [7, 11) is 1.51. The van der Waals surface area contributed by atoms with E-state index in [9.17, 15) is 18.0 Å². The molecule has 0 bridgehead atoms. The zero-order valence-corrected chi connectivity index (χ0v) is 18.2. The van der Waals surface area contributed by atoms with Gasteiger partial charge in [0, 0.05) is 12.5 Å². The van der Waals surface area contributed by atoms with Crippen LogP contribution in [0.1, 0.15) is 23.6 Å². The zero-order valence-electron chi connectivity index (χ0n) is 18.2. The molecule has 0 radical (unpaired) electrons. The molecule has 168 valence electrons. The molecule has 3 aromatic rings. The fourth-order valence-corrected chi connectivity index (χ4v) is 2.91. The number of nitrogens with zero attached hydrogens (tertiary/aromatic N) is 1. The average molecular weight is 443 g/mol. The third-order valence-corrected chi connectivity index (χ3v) is 4.36. The van der Waals surface area contributed by atoms with Crippen molar-refractivity contribution in [1.82, 2.24) is 5.32 Å². The number of rotatable bonds is 5. The van der Waals surface area contributed by atoms with Crippen LogP contribution in [0.25, 0.3) is 10.8 Å². The number of alkyl halides is 3. The van der Waals surface area contributed by atoms with Gasteiger partial charge >= 0.3 is 6.18 Å². The Morgan fingerprint density at radius 3 is 2.31 bits per heavy atom. The number of hydrogen-bond donors (Lipinski definition) is 1. The van der Waals surface area contributed by atoms with Crippen molar-refractivity contribution in [2.24, 2.45) is 0 Å². The molecule has 3 rings (SSSR count). The number of aryl methyl sites for hydroxylation is 1. The maximum absolute atomic E-state index is 12.0. The SMILES string of the molecule is C=[N+](/C=C(/NC(C)=O)OC)Cc1ccc2ccccc2c1.Cc1cccc(C(F)(F)F)c1. The second-order valence-corrected chi connectivity index (χ2v) is 7.17. The fraction of sp³-hybridized carbons (Fsp3) is 0.200. The molecule has 0 fully saturated rings. The summed E-state index contributed by atoms with van der Waals surface area (Å²) in [4.78, 5) is 11.0. The van der Waals surface area contributed by atoms with Gasteiger partial charge in [-0.25, -0.2) is 4.58 Å². The van der Waals surface area contributed by atoms with Gasteiger partial charge in [-0.2, -0.15) is 13.2 Å². The van der Waals surface area contributed by atoms with Gasteiger partial charge < -0.3 is 4.74 Å². The van der Waals surface area contributed by atoms with Crippen LogP contribution in [0.5, 0.6) is 0 Å². The van der Waals surface area contributed by atoms with Crippen molar-refractivity contribution in [3.8, 4) is 0 Å². The fourth-order valence-electron chi connectivity index (χ4n) is 2.91. The highest BCUT2D eigenvalue weighted by Gasteiger charge is 2.29. The smallest absolute Gasteiger partial charge is 0.416 e. The van der Waals surface area contributed by atoms with Crippen LogP contribution in [-0.4, -0.2) is 24.3 Å². The van der Waals surface area contributed by atoms with E-state index < -0.39 is 11.7 Å². The Balaban J connectivity index is 0.000000278. The second-order valence-electron chi connectivity index (χ2n) is 7.17. The minimum atomic E-state index is -4.22. The number of methoxy groups -OCH3 is 1. The van der Waals surface area contributed by atoms with E-state index in [2.05, 4.69) is 42.4 Å². The van der Waals surface area contributed by atoms with Gasteiger partial charge in [-0.1, -0.05) is 60.2 Å². The van der Waals surface area contributed by atoms with Crippen molar-refractivity contribution in [1.29, 1.82) is 0 Å². The van der Waals surface area contributed by atoms with E-state index in [1.165, 1.54) is 30.9 Å². The van der Waals surface area contributed by atoms with Crippen molar-refractivity contribution < 1.29 is 27.3 Å². The van der Waals surface area contributed by atoms with Crippen molar-refractivity contribution in [2.75, 3.05) is 7.11 Å². The Morgan fingerprint density at radius 2 is 1.75 bits per heavy atom.